The van der Waals surface area contributed by atoms with E-state index in [0.29, 0.717) is 17.5 Å². The second-order valence-corrected chi connectivity index (χ2v) is 7.19. The maximum Gasteiger partial charge on any atom is 0.269 e. The van der Waals surface area contributed by atoms with Crippen molar-refractivity contribution in [1.82, 2.24) is 15.0 Å². The van der Waals surface area contributed by atoms with Crippen molar-refractivity contribution < 1.29 is 4.74 Å². The molecule has 0 unspecified atom stereocenters. The molecule has 0 saturated heterocycles. The minimum Gasteiger partial charge on any atom is -0.431 e. The first-order valence-corrected chi connectivity index (χ1v) is 9.97. The smallest absolute Gasteiger partial charge is 0.269 e. The zero-order valence-electron chi connectivity index (χ0n) is 16.1. The van der Waals surface area contributed by atoms with Crippen LogP contribution in [0.2, 0.25) is 0 Å². The van der Waals surface area contributed by atoms with Gasteiger partial charge in [0.25, 0.3) is 5.17 Å². The SMILES string of the molecule is C=CCN(C(=S)Oc1ccc2nc3[nH]c4ccccc4c3nc2c1)c1ccccc1. The fourth-order valence-electron chi connectivity index (χ4n) is 3.48. The fraction of sp³-hybridized carbons (Fsp3) is 0.0417. The average Bonchev–Trinajstić information content (AvgIpc) is 3.14. The quantitative estimate of drug-likeness (QED) is 0.308. The van der Waals surface area contributed by atoms with E-state index in [-0.39, 0.29) is 0 Å². The van der Waals surface area contributed by atoms with Crippen LogP contribution in [0.25, 0.3) is 33.1 Å². The van der Waals surface area contributed by atoms with Gasteiger partial charge in [-0.25, -0.2) is 9.97 Å². The van der Waals surface area contributed by atoms with Crippen molar-refractivity contribution in [2.75, 3.05) is 11.4 Å². The molecule has 0 saturated carbocycles. The number of ether oxygens (including phenoxy) is 1. The minimum atomic E-state index is 0.349. The zero-order chi connectivity index (χ0) is 20.5. The molecule has 30 heavy (non-hydrogen) atoms. The van der Waals surface area contributed by atoms with Gasteiger partial charge in [-0.1, -0.05) is 42.5 Å². The van der Waals surface area contributed by atoms with Gasteiger partial charge in [-0.05, 0) is 42.5 Å². The number of aromatic nitrogens is 3. The Morgan fingerprint density at radius 1 is 1.00 bits per heavy atom. The molecule has 0 atom stereocenters. The van der Waals surface area contributed by atoms with Crippen LogP contribution in [0, 0.1) is 0 Å². The Hall–Kier alpha value is -3.77. The molecule has 0 radical (unpaired) electrons. The van der Waals surface area contributed by atoms with Crippen LogP contribution in [0.1, 0.15) is 0 Å². The Bertz CT molecular complexity index is 1390. The minimum absolute atomic E-state index is 0.349. The molecule has 0 fully saturated rings. The number of aromatic amines is 1. The highest BCUT2D eigenvalue weighted by Crippen LogP contribution is 2.27. The Kier molecular flexibility index (Phi) is 4.61. The Morgan fingerprint density at radius 2 is 1.80 bits per heavy atom. The van der Waals surface area contributed by atoms with Crippen LogP contribution in [0.5, 0.6) is 5.75 Å². The predicted octanol–water partition coefficient (Wildman–Crippen LogP) is 5.62. The van der Waals surface area contributed by atoms with Crippen LogP contribution in [0.4, 0.5) is 5.69 Å². The molecule has 0 bridgehead atoms. The van der Waals surface area contributed by atoms with Gasteiger partial charge in [0.1, 0.15) is 11.3 Å². The van der Waals surface area contributed by atoms with Gasteiger partial charge >= 0.3 is 0 Å². The van der Waals surface area contributed by atoms with E-state index in [2.05, 4.69) is 11.6 Å². The lowest BCUT2D eigenvalue weighted by molar-refractivity contribution is 0.550. The molecule has 3 aromatic carbocycles. The summed E-state index contributed by atoms with van der Waals surface area (Å²) in [5, 5.41) is 1.39. The largest absolute Gasteiger partial charge is 0.431 e. The molecule has 5 rings (SSSR count). The van der Waals surface area contributed by atoms with Crippen molar-refractivity contribution in [2.24, 2.45) is 0 Å². The van der Waals surface area contributed by atoms with Crippen LogP contribution in [0.15, 0.2) is 85.5 Å². The lowest BCUT2D eigenvalue weighted by Gasteiger charge is -2.23. The van der Waals surface area contributed by atoms with Crippen LogP contribution in [-0.4, -0.2) is 26.7 Å². The van der Waals surface area contributed by atoms with Gasteiger partial charge < -0.3 is 9.72 Å². The molecular formula is C24H18N4OS. The number of fused-ring (bicyclic) bond motifs is 4. The predicted molar refractivity (Wildman–Crippen MR) is 126 cm³/mol. The lowest BCUT2D eigenvalue weighted by atomic mass is 10.2. The van der Waals surface area contributed by atoms with E-state index in [9.17, 15) is 0 Å². The number of rotatable bonds is 4. The molecule has 5 aromatic rings. The Labute approximate surface area is 178 Å². The molecule has 5 nitrogen and oxygen atoms in total. The van der Waals surface area contributed by atoms with Crippen molar-refractivity contribution in [3.05, 3.63) is 85.5 Å². The molecule has 6 heteroatoms. The average molecular weight is 411 g/mol. The first kappa shape index (κ1) is 18.3. The number of thiocarbonyl (C=S) groups is 1. The number of hydrogen-bond donors (Lipinski definition) is 1. The molecule has 0 aliphatic heterocycles. The van der Waals surface area contributed by atoms with Crippen LogP contribution >= 0.6 is 12.2 Å². The van der Waals surface area contributed by atoms with Crippen molar-refractivity contribution in [2.45, 2.75) is 0 Å². The maximum atomic E-state index is 6.01. The molecule has 0 aliphatic rings. The molecule has 0 spiro atoms. The van der Waals surface area contributed by atoms with Gasteiger partial charge in [-0.15, -0.1) is 6.58 Å². The van der Waals surface area contributed by atoms with E-state index in [1.807, 2.05) is 77.7 Å². The summed E-state index contributed by atoms with van der Waals surface area (Å²) in [5.74, 6) is 0.617. The summed E-state index contributed by atoms with van der Waals surface area (Å²) in [6, 6.07) is 23.5. The van der Waals surface area contributed by atoms with Gasteiger partial charge in [-0.2, -0.15) is 0 Å². The Balaban J connectivity index is 1.50. The number of anilines is 1. The van der Waals surface area contributed by atoms with E-state index >= 15 is 0 Å². The molecule has 0 aliphatic carbocycles. The van der Waals surface area contributed by atoms with Crippen LogP contribution < -0.4 is 9.64 Å². The highest BCUT2D eigenvalue weighted by Gasteiger charge is 2.14. The first-order chi connectivity index (χ1) is 14.7. The molecule has 0 amide bonds. The molecule has 2 aromatic heterocycles. The van der Waals surface area contributed by atoms with E-state index in [0.717, 1.165) is 38.8 Å². The summed E-state index contributed by atoms with van der Waals surface area (Å²) < 4.78 is 6.01. The van der Waals surface area contributed by atoms with Crippen molar-refractivity contribution in [1.29, 1.82) is 0 Å². The number of H-pyrrole nitrogens is 1. The van der Waals surface area contributed by atoms with Crippen molar-refractivity contribution in [3.63, 3.8) is 0 Å². The summed E-state index contributed by atoms with van der Waals surface area (Å²) in [6.07, 6.45) is 1.79. The number of nitrogens with zero attached hydrogens (tertiary/aromatic N) is 3. The normalized spacial score (nSPS) is 11.1. The van der Waals surface area contributed by atoms with E-state index in [1.54, 1.807) is 6.08 Å². The zero-order valence-corrected chi connectivity index (χ0v) is 16.9. The van der Waals surface area contributed by atoms with Gasteiger partial charge in [-0.3, -0.25) is 4.90 Å². The van der Waals surface area contributed by atoms with Crippen LogP contribution in [0.3, 0.4) is 0 Å². The lowest BCUT2D eigenvalue weighted by Crippen LogP contribution is -2.33. The van der Waals surface area contributed by atoms with Gasteiger partial charge in [0.2, 0.25) is 0 Å². The number of benzene rings is 3. The topological polar surface area (TPSA) is 54.0 Å². The summed E-state index contributed by atoms with van der Waals surface area (Å²) >= 11 is 5.57. The standard InChI is InChI=1S/C24H18N4OS/c1-2-14-28(16-8-4-3-5-9-16)24(30)29-17-12-13-20-21(15-17)25-22-18-10-6-7-11-19(18)26-23(22)27-20/h2-13,15H,1,14H2,(H,26,27). The van der Waals surface area contributed by atoms with E-state index in [1.165, 1.54) is 0 Å². The van der Waals surface area contributed by atoms with Gasteiger partial charge in [0.05, 0.1) is 11.0 Å². The maximum absolute atomic E-state index is 6.01. The summed E-state index contributed by atoms with van der Waals surface area (Å²) in [6.45, 7) is 4.37. The highest BCUT2D eigenvalue weighted by atomic mass is 32.1. The highest BCUT2D eigenvalue weighted by molar-refractivity contribution is 7.80. The van der Waals surface area contributed by atoms with Crippen molar-refractivity contribution in [3.8, 4) is 5.75 Å². The van der Waals surface area contributed by atoms with Gasteiger partial charge in [0, 0.05) is 29.2 Å². The summed E-state index contributed by atoms with van der Waals surface area (Å²) in [5.41, 5.74) is 5.12. The van der Waals surface area contributed by atoms with Gasteiger partial charge in [0.15, 0.2) is 5.65 Å². The summed E-state index contributed by atoms with van der Waals surface area (Å²) in [7, 11) is 0. The number of para-hydroxylation sites is 2. The van der Waals surface area contributed by atoms with Crippen LogP contribution in [-0.2, 0) is 0 Å². The number of nitrogens with one attached hydrogen (secondary N) is 1. The molecule has 2 heterocycles. The Morgan fingerprint density at radius 3 is 2.63 bits per heavy atom. The third kappa shape index (κ3) is 3.27. The molecule has 146 valence electrons. The third-order valence-electron chi connectivity index (χ3n) is 4.88. The fourth-order valence-corrected chi connectivity index (χ4v) is 3.75. The number of hydrogen-bond acceptors (Lipinski definition) is 4. The molecule has 1 N–H and O–H groups in total. The van der Waals surface area contributed by atoms with E-state index < -0.39 is 0 Å². The second kappa shape index (κ2) is 7.57. The van der Waals surface area contributed by atoms with Crippen molar-refractivity contribution >= 4 is 56.2 Å². The monoisotopic (exact) mass is 410 g/mol. The first-order valence-electron chi connectivity index (χ1n) is 9.56. The van der Waals surface area contributed by atoms with E-state index in [4.69, 9.17) is 26.9 Å². The molecular weight excluding hydrogens is 392 g/mol. The summed E-state index contributed by atoms with van der Waals surface area (Å²) in [4.78, 5) is 14.8. The third-order valence-corrected chi connectivity index (χ3v) is 5.18. The second-order valence-electron chi connectivity index (χ2n) is 6.84.